The molecule has 5 rings (SSSR count). The monoisotopic (exact) mass is 1050 g/mol. The number of hydrogen-bond acceptors (Lipinski definition) is 18. The Kier molecular flexibility index (Phi) is 25.0. The quantitative estimate of drug-likeness (QED) is 0.0254. The maximum Gasteiger partial charge on any atom is 0.341 e. The Bertz CT molecular complexity index is 2260. The van der Waals surface area contributed by atoms with E-state index in [2.05, 4.69) is 13.2 Å². The van der Waals surface area contributed by atoms with Crippen LogP contribution < -0.4 is 18.9 Å². The van der Waals surface area contributed by atoms with E-state index in [0.29, 0.717) is 77.8 Å². The number of hydrogen-bond donors (Lipinski definition) is 0. The van der Waals surface area contributed by atoms with Crippen LogP contribution in [0.15, 0.2) is 61.7 Å². The molecule has 0 heterocycles. The summed E-state index contributed by atoms with van der Waals surface area (Å²) in [5.74, 6) is -6.13. The SMILES string of the molecule is C=CC(=O)OCCCCCCOC1CCC(C(=O)Oc2ccc(OC(=O)C3CCC(C(=O)Oc4ccc(OC(=O)C5CCC(OCCCCC(C)COC(=O)C=C)CC5)cc4C(=O)OC)CC3)c(C(=O)OC)c2)CC1. The number of rotatable bonds is 28. The number of carbonyl (C=O) groups is 8. The molecule has 0 aromatic heterocycles. The largest absolute Gasteiger partial charge is 0.465 e. The van der Waals surface area contributed by atoms with E-state index in [9.17, 15) is 38.4 Å². The normalized spacial score (nSPS) is 20.7. The molecular formula is C57H74O18. The smallest absolute Gasteiger partial charge is 0.341 e. The van der Waals surface area contributed by atoms with Crippen molar-refractivity contribution in [1.82, 2.24) is 0 Å². The Morgan fingerprint density at radius 1 is 0.493 bits per heavy atom. The number of methoxy groups -OCH3 is 2. The molecule has 2 aromatic rings. The van der Waals surface area contributed by atoms with Crippen LogP contribution in [-0.2, 0) is 57.2 Å². The van der Waals surface area contributed by atoms with Crippen LogP contribution in [0.4, 0.5) is 0 Å². The van der Waals surface area contributed by atoms with Crippen LogP contribution in [0.1, 0.15) is 150 Å². The standard InChI is InChI=1S/C57H74O18/c1-6-50(58)70-33-12-9-8-11-31-68-42-23-19-40(20-24-42)52(60)72-44-27-29-48(46(34-44)56(64)66-4)74-54(62)38-15-17-39(18-16-38)55(63)75-49-30-28-45(35-47(49)57(65)67-5)73-53(61)41-21-25-43(26-22-41)69-32-13-10-14-37(3)36-71-51(59)7-2/h6-7,27-30,34-35,37-43H,1-2,8-26,31-33,36H2,3-5H3. The lowest BCUT2D eigenvalue weighted by Gasteiger charge is -2.27. The van der Waals surface area contributed by atoms with Crippen molar-refractivity contribution in [2.24, 2.45) is 29.6 Å². The summed E-state index contributed by atoms with van der Waals surface area (Å²) < 4.78 is 54.9. The first-order valence-electron chi connectivity index (χ1n) is 26.3. The molecule has 0 aliphatic heterocycles. The van der Waals surface area contributed by atoms with Crippen LogP contribution in [-0.4, -0.2) is 101 Å². The van der Waals surface area contributed by atoms with Gasteiger partial charge in [0.05, 0.1) is 63.3 Å². The Morgan fingerprint density at radius 2 is 0.867 bits per heavy atom. The van der Waals surface area contributed by atoms with Gasteiger partial charge in [0.2, 0.25) is 0 Å². The molecule has 3 saturated carbocycles. The molecule has 3 aliphatic carbocycles. The fourth-order valence-corrected chi connectivity index (χ4v) is 9.39. The van der Waals surface area contributed by atoms with Gasteiger partial charge in [-0.25, -0.2) is 19.2 Å². The number of ether oxygens (including phenoxy) is 10. The van der Waals surface area contributed by atoms with Crippen molar-refractivity contribution >= 4 is 47.8 Å². The maximum atomic E-state index is 13.4. The summed E-state index contributed by atoms with van der Waals surface area (Å²) >= 11 is 0. The third-order valence-electron chi connectivity index (χ3n) is 13.9. The minimum absolute atomic E-state index is 0.0439. The first-order valence-corrected chi connectivity index (χ1v) is 26.3. The van der Waals surface area contributed by atoms with Crippen molar-refractivity contribution in [2.45, 2.75) is 141 Å². The third-order valence-corrected chi connectivity index (χ3v) is 13.9. The summed E-state index contributed by atoms with van der Waals surface area (Å²) in [4.78, 5) is 101. The van der Waals surface area contributed by atoms with E-state index >= 15 is 0 Å². The average molecular weight is 1050 g/mol. The summed E-state index contributed by atoms with van der Waals surface area (Å²) in [6.45, 7) is 10.8. The number of esters is 8. The maximum absolute atomic E-state index is 13.4. The van der Waals surface area contributed by atoms with E-state index in [1.165, 1.54) is 50.6 Å². The molecule has 0 amide bonds. The molecule has 2 aromatic carbocycles. The van der Waals surface area contributed by atoms with E-state index in [-0.39, 0.29) is 89.8 Å². The minimum Gasteiger partial charge on any atom is -0.465 e. The van der Waals surface area contributed by atoms with Gasteiger partial charge in [-0.15, -0.1) is 0 Å². The van der Waals surface area contributed by atoms with Gasteiger partial charge in [-0.3, -0.25) is 19.2 Å². The lowest BCUT2D eigenvalue weighted by atomic mass is 9.82. The molecule has 0 bridgehead atoms. The van der Waals surface area contributed by atoms with Gasteiger partial charge >= 0.3 is 47.8 Å². The average Bonchev–Trinajstić information content (AvgIpc) is 3.43. The second-order valence-corrected chi connectivity index (χ2v) is 19.4. The van der Waals surface area contributed by atoms with Gasteiger partial charge < -0.3 is 47.4 Å². The first-order chi connectivity index (χ1) is 36.2. The van der Waals surface area contributed by atoms with Crippen LogP contribution in [0, 0.1) is 29.6 Å². The van der Waals surface area contributed by atoms with Crippen LogP contribution in [0.2, 0.25) is 0 Å². The lowest BCUT2D eigenvalue weighted by Crippen LogP contribution is -2.31. The lowest BCUT2D eigenvalue weighted by molar-refractivity contribution is -0.145. The summed E-state index contributed by atoms with van der Waals surface area (Å²) in [5.41, 5.74) is -0.202. The third kappa shape index (κ3) is 19.7. The van der Waals surface area contributed by atoms with E-state index < -0.39 is 59.6 Å². The predicted molar refractivity (Wildman–Crippen MR) is 271 cm³/mol. The molecule has 1 atom stereocenters. The highest BCUT2D eigenvalue weighted by atomic mass is 16.6. The van der Waals surface area contributed by atoms with E-state index in [4.69, 9.17) is 47.4 Å². The molecule has 0 radical (unpaired) electrons. The second kappa shape index (κ2) is 31.5. The molecule has 3 aliphatic rings. The van der Waals surface area contributed by atoms with Gasteiger partial charge in [0, 0.05) is 25.4 Å². The zero-order chi connectivity index (χ0) is 54.1. The molecule has 18 heteroatoms. The number of unbranched alkanes of at least 4 members (excludes halogenated alkanes) is 4. The molecule has 0 spiro atoms. The molecule has 3 fully saturated rings. The molecule has 410 valence electrons. The van der Waals surface area contributed by atoms with Crippen molar-refractivity contribution in [3.63, 3.8) is 0 Å². The highest BCUT2D eigenvalue weighted by Gasteiger charge is 2.35. The van der Waals surface area contributed by atoms with Crippen LogP contribution in [0.5, 0.6) is 23.0 Å². The topological polar surface area (TPSA) is 229 Å². The van der Waals surface area contributed by atoms with Gasteiger partial charge in [0.25, 0.3) is 0 Å². The zero-order valence-corrected chi connectivity index (χ0v) is 43.7. The first kappa shape index (κ1) is 59.5. The highest BCUT2D eigenvalue weighted by Crippen LogP contribution is 2.36. The molecule has 0 saturated heterocycles. The van der Waals surface area contributed by atoms with Gasteiger partial charge in [0.15, 0.2) is 0 Å². The Morgan fingerprint density at radius 3 is 1.28 bits per heavy atom. The molecule has 18 nitrogen and oxygen atoms in total. The predicted octanol–water partition coefficient (Wildman–Crippen LogP) is 9.36. The van der Waals surface area contributed by atoms with Crippen molar-refractivity contribution < 1.29 is 85.7 Å². The van der Waals surface area contributed by atoms with Gasteiger partial charge in [-0.2, -0.15) is 0 Å². The van der Waals surface area contributed by atoms with Crippen molar-refractivity contribution in [3.05, 3.63) is 72.8 Å². The van der Waals surface area contributed by atoms with Crippen molar-refractivity contribution in [2.75, 3.05) is 40.6 Å². The Balaban J connectivity index is 1.02. The summed E-state index contributed by atoms with van der Waals surface area (Å²) in [6, 6.07) is 8.27. The summed E-state index contributed by atoms with van der Waals surface area (Å²) in [6.07, 6.45) is 14.9. The van der Waals surface area contributed by atoms with Crippen LogP contribution in [0.25, 0.3) is 0 Å². The second-order valence-electron chi connectivity index (χ2n) is 19.4. The zero-order valence-electron chi connectivity index (χ0n) is 43.7. The minimum atomic E-state index is -0.796. The Hall–Kier alpha value is -6.40. The van der Waals surface area contributed by atoms with E-state index in [1.54, 1.807) is 0 Å². The Labute approximate surface area is 439 Å². The summed E-state index contributed by atoms with van der Waals surface area (Å²) in [5, 5.41) is 0. The van der Waals surface area contributed by atoms with Gasteiger partial charge in [0.1, 0.15) is 34.1 Å². The summed E-state index contributed by atoms with van der Waals surface area (Å²) in [7, 11) is 2.37. The fourth-order valence-electron chi connectivity index (χ4n) is 9.39. The molecular weight excluding hydrogens is 973 g/mol. The van der Waals surface area contributed by atoms with E-state index in [0.717, 1.165) is 57.1 Å². The molecule has 75 heavy (non-hydrogen) atoms. The van der Waals surface area contributed by atoms with Gasteiger partial charge in [-0.05, 0) is 151 Å². The fraction of sp³-hybridized carbons (Fsp3) is 0.579. The van der Waals surface area contributed by atoms with E-state index in [1.807, 2.05) is 6.92 Å². The van der Waals surface area contributed by atoms with Crippen LogP contribution >= 0.6 is 0 Å². The number of benzene rings is 2. The van der Waals surface area contributed by atoms with Crippen molar-refractivity contribution in [3.8, 4) is 23.0 Å². The number of carbonyl (C=O) groups excluding carboxylic acids is 8. The highest BCUT2D eigenvalue weighted by molar-refractivity contribution is 5.95. The molecule has 1 unspecified atom stereocenters. The van der Waals surface area contributed by atoms with Crippen LogP contribution in [0.3, 0.4) is 0 Å². The molecule has 0 N–H and O–H groups in total. The van der Waals surface area contributed by atoms with Gasteiger partial charge in [-0.1, -0.05) is 32.9 Å². The van der Waals surface area contributed by atoms with Crippen molar-refractivity contribution in [1.29, 1.82) is 0 Å².